The first-order valence-corrected chi connectivity index (χ1v) is 6.74. The highest BCUT2D eigenvalue weighted by Gasteiger charge is 2.08. The Balaban J connectivity index is 2.14. The zero-order chi connectivity index (χ0) is 14.7. The van der Waals surface area contributed by atoms with Crippen LogP contribution < -0.4 is 11.1 Å². The Morgan fingerprint density at radius 1 is 1.05 bits per heavy atom. The predicted octanol–water partition coefficient (Wildman–Crippen LogP) is 3.11. The summed E-state index contributed by atoms with van der Waals surface area (Å²) in [7, 11) is 0. The minimum Gasteiger partial charge on any atom is -0.366 e. The van der Waals surface area contributed by atoms with Gasteiger partial charge in [0.05, 0.1) is 0 Å². The highest BCUT2D eigenvalue weighted by molar-refractivity contribution is 9.10. The van der Waals surface area contributed by atoms with Crippen molar-refractivity contribution in [2.24, 2.45) is 5.73 Å². The number of primary amides is 1. The number of nitrogens with one attached hydrogen (secondary N) is 1. The van der Waals surface area contributed by atoms with Crippen LogP contribution in [0.4, 0.5) is 5.69 Å². The summed E-state index contributed by atoms with van der Waals surface area (Å²) in [5.74, 6) is -0.706. The molecule has 0 heterocycles. The predicted molar refractivity (Wildman–Crippen MR) is 81.8 cm³/mol. The second-order valence-corrected chi connectivity index (χ2v) is 5.21. The molecule has 0 aliphatic carbocycles. The third-order valence-electron chi connectivity index (χ3n) is 2.86. The van der Waals surface area contributed by atoms with E-state index in [1.54, 1.807) is 36.4 Å². The summed E-state index contributed by atoms with van der Waals surface area (Å²) in [6.07, 6.45) is 0. The van der Waals surface area contributed by atoms with Crippen LogP contribution in [-0.2, 0) is 0 Å². The fraction of sp³-hybridized carbons (Fsp3) is 0.0667. The van der Waals surface area contributed by atoms with Crippen LogP contribution in [0.3, 0.4) is 0 Å². The normalized spacial score (nSPS) is 10.1. The lowest BCUT2D eigenvalue weighted by molar-refractivity contribution is 0.0998. The summed E-state index contributed by atoms with van der Waals surface area (Å²) >= 11 is 3.39. The summed E-state index contributed by atoms with van der Waals surface area (Å²) in [5, 5.41) is 2.76. The van der Waals surface area contributed by atoms with Gasteiger partial charge in [-0.05, 0) is 48.9 Å². The summed E-state index contributed by atoms with van der Waals surface area (Å²) in [6, 6.07) is 11.8. The lowest BCUT2D eigenvalue weighted by Crippen LogP contribution is -2.13. The lowest BCUT2D eigenvalue weighted by Gasteiger charge is -2.07. The highest BCUT2D eigenvalue weighted by atomic mass is 79.9. The number of halogens is 1. The number of hydrogen-bond donors (Lipinski definition) is 2. The number of amides is 2. The van der Waals surface area contributed by atoms with Crippen molar-refractivity contribution in [2.45, 2.75) is 6.92 Å². The molecule has 2 aromatic rings. The molecule has 4 nitrogen and oxygen atoms in total. The van der Waals surface area contributed by atoms with E-state index in [1.165, 1.54) is 0 Å². The number of anilines is 1. The Hall–Kier alpha value is -2.14. The lowest BCUT2D eigenvalue weighted by atomic mass is 10.1. The van der Waals surface area contributed by atoms with Gasteiger partial charge in [0, 0.05) is 21.3 Å². The van der Waals surface area contributed by atoms with Crippen LogP contribution >= 0.6 is 15.9 Å². The van der Waals surface area contributed by atoms with E-state index in [1.807, 2.05) is 13.0 Å². The minimum absolute atomic E-state index is 0.211. The van der Waals surface area contributed by atoms with Gasteiger partial charge in [-0.3, -0.25) is 9.59 Å². The molecule has 0 fully saturated rings. The molecule has 0 atom stereocenters. The number of rotatable bonds is 3. The Morgan fingerprint density at radius 3 is 2.20 bits per heavy atom. The maximum Gasteiger partial charge on any atom is 0.255 e. The summed E-state index contributed by atoms with van der Waals surface area (Å²) in [5.41, 5.74) is 7.79. The average Bonchev–Trinajstić information content (AvgIpc) is 2.42. The van der Waals surface area contributed by atoms with Gasteiger partial charge in [-0.2, -0.15) is 0 Å². The van der Waals surface area contributed by atoms with Crippen LogP contribution in [0.5, 0.6) is 0 Å². The monoisotopic (exact) mass is 332 g/mol. The SMILES string of the molecule is Cc1ccc(C(=O)Nc2ccc(C(N)=O)cc2)cc1Br. The fourth-order valence-corrected chi connectivity index (χ4v) is 2.03. The molecule has 3 N–H and O–H groups in total. The quantitative estimate of drug-likeness (QED) is 0.906. The summed E-state index contributed by atoms with van der Waals surface area (Å²) < 4.78 is 0.884. The molecule has 102 valence electrons. The van der Waals surface area contributed by atoms with Gasteiger partial charge in [-0.25, -0.2) is 0 Å². The molecule has 0 aliphatic heterocycles. The third-order valence-corrected chi connectivity index (χ3v) is 3.72. The molecular formula is C15H13BrN2O2. The maximum absolute atomic E-state index is 12.1. The van der Waals surface area contributed by atoms with E-state index in [4.69, 9.17) is 5.73 Å². The molecule has 2 amide bonds. The van der Waals surface area contributed by atoms with Gasteiger partial charge >= 0.3 is 0 Å². The number of hydrogen-bond acceptors (Lipinski definition) is 2. The van der Waals surface area contributed by atoms with Crippen molar-refractivity contribution < 1.29 is 9.59 Å². The molecule has 0 aromatic heterocycles. The van der Waals surface area contributed by atoms with Crippen LogP contribution in [0.25, 0.3) is 0 Å². The van der Waals surface area contributed by atoms with Gasteiger partial charge in [-0.1, -0.05) is 22.0 Å². The number of carbonyl (C=O) groups excluding carboxylic acids is 2. The maximum atomic E-state index is 12.1. The molecular weight excluding hydrogens is 320 g/mol. The Labute approximate surface area is 125 Å². The average molecular weight is 333 g/mol. The first kappa shape index (κ1) is 14.3. The van der Waals surface area contributed by atoms with Crippen LogP contribution in [0.2, 0.25) is 0 Å². The van der Waals surface area contributed by atoms with Crippen LogP contribution in [0.15, 0.2) is 46.9 Å². The first-order valence-electron chi connectivity index (χ1n) is 5.95. The van der Waals surface area contributed by atoms with Crippen molar-refractivity contribution in [2.75, 3.05) is 5.32 Å². The van der Waals surface area contributed by atoms with E-state index in [-0.39, 0.29) is 5.91 Å². The van der Waals surface area contributed by atoms with E-state index >= 15 is 0 Å². The fourth-order valence-electron chi connectivity index (χ4n) is 1.66. The Bertz CT molecular complexity index is 666. The zero-order valence-electron chi connectivity index (χ0n) is 10.8. The Morgan fingerprint density at radius 2 is 1.65 bits per heavy atom. The highest BCUT2D eigenvalue weighted by Crippen LogP contribution is 2.18. The molecule has 0 radical (unpaired) electrons. The van der Waals surface area contributed by atoms with Crippen molar-refractivity contribution in [3.8, 4) is 0 Å². The molecule has 0 unspecified atom stereocenters. The molecule has 2 aromatic carbocycles. The van der Waals surface area contributed by atoms with Gasteiger partial charge in [0.2, 0.25) is 5.91 Å². The second-order valence-electron chi connectivity index (χ2n) is 4.36. The van der Waals surface area contributed by atoms with Crippen molar-refractivity contribution in [3.05, 3.63) is 63.6 Å². The number of carbonyl (C=O) groups is 2. The summed E-state index contributed by atoms with van der Waals surface area (Å²) in [6.45, 7) is 1.95. The molecule has 0 spiro atoms. The van der Waals surface area contributed by atoms with Crippen molar-refractivity contribution in [1.29, 1.82) is 0 Å². The standard InChI is InChI=1S/C15H13BrN2O2/c1-9-2-3-11(8-13(9)16)15(20)18-12-6-4-10(5-7-12)14(17)19/h2-8H,1H3,(H2,17,19)(H,18,20). The number of benzene rings is 2. The van der Waals surface area contributed by atoms with Gasteiger partial charge in [0.1, 0.15) is 0 Å². The van der Waals surface area contributed by atoms with E-state index in [2.05, 4.69) is 21.2 Å². The smallest absolute Gasteiger partial charge is 0.255 e. The van der Waals surface area contributed by atoms with E-state index in [0.717, 1.165) is 10.0 Å². The van der Waals surface area contributed by atoms with Crippen LogP contribution in [0.1, 0.15) is 26.3 Å². The van der Waals surface area contributed by atoms with Gasteiger partial charge in [0.15, 0.2) is 0 Å². The molecule has 2 rings (SSSR count). The van der Waals surface area contributed by atoms with Crippen LogP contribution in [-0.4, -0.2) is 11.8 Å². The molecule has 0 bridgehead atoms. The van der Waals surface area contributed by atoms with Crippen molar-refractivity contribution >= 4 is 33.4 Å². The molecule has 0 saturated carbocycles. The van der Waals surface area contributed by atoms with E-state index in [0.29, 0.717) is 16.8 Å². The topological polar surface area (TPSA) is 72.2 Å². The first-order chi connectivity index (χ1) is 9.47. The zero-order valence-corrected chi connectivity index (χ0v) is 12.4. The van der Waals surface area contributed by atoms with Crippen molar-refractivity contribution in [3.63, 3.8) is 0 Å². The number of aryl methyl sites for hydroxylation is 1. The molecule has 0 aliphatic rings. The largest absolute Gasteiger partial charge is 0.366 e. The Kier molecular flexibility index (Phi) is 4.20. The molecule has 20 heavy (non-hydrogen) atoms. The third kappa shape index (κ3) is 3.24. The second kappa shape index (κ2) is 5.88. The van der Waals surface area contributed by atoms with Crippen LogP contribution in [0, 0.1) is 6.92 Å². The van der Waals surface area contributed by atoms with E-state index < -0.39 is 5.91 Å². The molecule has 5 heteroatoms. The number of nitrogens with two attached hydrogens (primary N) is 1. The van der Waals surface area contributed by atoms with Crippen molar-refractivity contribution in [1.82, 2.24) is 0 Å². The van der Waals surface area contributed by atoms with Gasteiger partial charge < -0.3 is 11.1 Å². The molecule has 0 saturated heterocycles. The minimum atomic E-state index is -0.495. The van der Waals surface area contributed by atoms with Gasteiger partial charge in [-0.15, -0.1) is 0 Å². The summed E-state index contributed by atoms with van der Waals surface area (Å²) in [4.78, 5) is 23.0. The van der Waals surface area contributed by atoms with E-state index in [9.17, 15) is 9.59 Å². The van der Waals surface area contributed by atoms with Gasteiger partial charge in [0.25, 0.3) is 5.91 Å².